The van der Waals surface area contributed by atoms with Crippen molar-refractivity contribution >= 4 is 48.3 Å². The summed E-state index contributed by atoms with van der Waals surface area (Å²) in [7, 11) is 0. The second kappa shape index (κ2) is 10.7. The van der Waals surface area contributed by atoms with Crippen molar-refractivity contribution in [3.63, 3.8) is 0 Å². The molecule has 0 saturated heterocycles. The molecule has 4 radical (unpaired) electrons. The van der Waals surface area contributed by atoms with Crippen LogP contribution in [0.1, 0.15) is 0 Å². The van der Waals surface area contributed by atoms with Gasteiger partial charge in [0.25, 0.3) is 0 Å². The Labute approximate surface area is 70.3 Å². The molecule has 0 unspecified atom stereocenters. The summed E-state index contributed by atoms with van der Waals surface area (Å²) < 4.78 is 0. The molecule has 7 heteroatoms. The van der Waals surface area contributed by atoms with Gasteiger partial charge in [0.15, 0.2) is 0 Å². The lowest BCUT2D eigenvalue weighted by Gasteiger charge is -1.89. The van der Waals surface area contributed by atoms with Gasteiger partial charge in [-0.05, 0) is 0 Å². The Hall–Kier alpha value is -0.270. The predicted molar refractivity (Wildman–Crippen MR) is 40.9 cm³/mol. The molecule has 52 valence electrons. The summed E-state index contributed by atoms with van der Waals surface area (Å²) >= 11 is 7.52. The van der Waals surface area contributed by atoms with Gasteiger partial charge in [0.2, 0.25) is 0 Å². The first-order chi connectivity index (χ1) is 3.46. The van der Waals surface area contributed by atoms with Gasteiger partial charge in [-0.15, -0.1) is 0 Å². The van der Waals surface area contributed by atoms with Crippen molar-refractivity contribution in [3.8, 4) is 0 Å². The van der Waals surface area contributed by atoms with E-state index >= 15 is 0 Å². The molecule has 9 heavy (non-hydrogen) atoms. The van der Waals surface area contributed by atoms with Crippen LogP contribution in [0.25, 0.3) is 0 Å². The van der Waals surface area contributed by atoms with E-state index in [1.54, 1.807) is 0 Å². The van der Waals surface area contributed by atoms with Gasteiger partial charge in [-0.3, -0.25) is 0 Å². The molecule has 0 aliphatic carbocycles. The van der Waals surface area contributed by atoms with Crippen molar-refractivity contribution in [2.45, 2.75) is 0 Å². The first-order valence-electron chi connectivity index (χ1n) is 1.39. The molecule has 4 N–H and O–H groups in total. The van der Waals surface area contributed by atoms with E-state index in [9.17, 15) is 0 Å². The van der Waals surface area contributed by atoms with Crippen molar-refractivity contribution in [3.05, 3.63) is 0 Å². The monoisotopic (exact) mass is 184 g/mol. The summed E-state index contributed by atoms with van der Waals surface area (Å²) in [5.74, 6) is 0. The van der Waals surface area contributed by atoms with Crippen LogP contribution in [0.4, 0.5) is 0 Å². The van der Waals surface area contributed by atoms with Gasteiger partial charge in [0, 0.05) is 10.3 Å². The fourth-order valence-electron chi connectivity index (χ4n) is 0. The molecule has 0 bridgehead atoms. The highest BCUT2D eigenvalue weighted by molar-refractivity contribution is 7.79. The summed E-state index contributed by atoms with van der Waals surface area (Å²) in [5, 5.41) is 16.6. The van der Waals surface area contributed by atoms with Gasteiger partial charge >= 0.3 is 13.5 Å². The van der Waals surface area contributed by atoms with Crippen molar-refractivity contribution in [1.29, 1.82) is 0 Å². The largest absolute Gasteiger partial charge is 2.00 e. The van der Waals surface area contributed by atoms with Gasteiger partial charge in [-0.1, -0.05) is 24.4 Å². The number of nitrogens with two attached hydrogens (primary N) is 2. The summed E-state index contributed by atoms with van der Waals surface area (Å²) in [6.45, 7) is 0. The average Bonchev–Trinajstić information content (AvgIpc) is 1.25. The van der Waals surface area contributed by atoms with Crippen LogP contribution in [0.2, 0.25) is 0 Å². The molecule has 0 saturated carbocycles. The molecule has 0 aliphatic heterocycles. The number of hydrogen-bond acceptors (Lipinski definition) is 4. The van der Waals surface area contributed by atoms with Gasteiger partial charge < -0.3 is 21.7 Å². The third-order valence-corrected chi connectivity index (χ3v) is 0. The fourth-order valence-corrected chi connectivity index (χ4v) is 0. The average molecular weight is 184 g/mol. The summed E-state index contributed by atoms with van der Waals surface area (Å²) in [6, 6.07) is 0. The maximum Gasteiger partial charge on any atom is 2.00 e. The molecule has 0 amide bonds. The first-order valence-corrected chi connectivity index (χ1v) is 2.21. The molecule has 0 aromatic heterocycles. The molecule has 0 aromatic rings. The third-order valence-electron chi connectivity index (χ3n) is 0. The normalized spacial score (nSPS) is 5.33. The van der Waals surface area contributed by atoms with E-state index < -0.39 is 10.3 Å². The molecule has 0 aliphatic rings. The molecule has 0 aromatic carbocycles. The van der Waals surface area contributed by atoms with E-state index in [0.29, 0.717) is 0 Å². The number of thiocarbonyl (C=S) groups is 2. The van der Waals surface area contributed by atoms with Crippen LogP contribution in [-0.4, -0.2) is 10.3 Å². The van der Waals surface area contributed by atoms with Crippen LogP contribution in [0.15, 0.2) is 0 Å². The topological polar surface area (TPSA) is 98.2 Å². The zero-order valence-corrected chi connectivity index (χ0v) is 6.65. The SMILES string of the molecule is NC([O-])=S.NC([O-])=S.[S+2]. The smallest absolute Gasteiger partial charge is 0.852 e. The fraction of sp³-hybridized carbons (Fsp3) is 0. The van der Waals surface area contributed by atoms with Crippen molar-refractivity contribution in [2.24, 2.45) is 11.5 Å². The van der Waals surface area contributed by atoms with Crippen molar-refractivity contribution < 1.29 is 10.2 Å². The quantitative estimate of drug-likeness (QED) is 0.394. The lowest BCUT2D eigenvalue weighted by molar-refractivity contribution is -0.211. The highest BCUT2D eigenvalue weighted by Gasteiger charge is 2.00. The second-order valence-electron chi connectivity index (χ2n) is 0.638. The third kappa shape index (κ3) is 3480. The van der Waals surface area contributed by atoms with Gasteiger partial charge in [-0.25, -0.2) is 0 Å². The maximum absolute atomic E-state index is 9.04. The van der Waals surface area contributed by atoms with Crippen LogP contribution in [0.5, 0.6) is 0 Å². The standard InChI is InChI=1S/2CH3NOS.S/c2*2-1(3)4;/h2*(H3,2,3,4);/q;;+2/p-2. The zero-order valence-electron chi connectivity index (χ0n) is 4.20. The summed E-state index contributed by atoms with van der Waals surface area (Å²) in [4.78, 5) is 0. The van der Waals surface area contributed by atoms with E-state index in [4.69, 9.17) is 10.2 Å². The van der Waals surface area contributed by atoms with Gasteiger partial charge in [0.05, 0.1) is 0 Å². The molecule has 0 atom stereocenters. The highest BCUT2D eigenvalue weighted by Crippen LogP contribution is 1.31. The van der Waals surface area contributed by atoms with E-state index in [1.165, 1.54) is 0 Å². The number of rotatable bonds is 0. The molecule has 4 nitrogen and oxygen atoms in total. The van der Waals surface area contributed by atoms with E-state index in [1.807, 2.05) is 0 Å². The van der Waals surface area contributed by atoms with Crippen LogP contribution in [-0.2, 0) is 13.5 Å². The van der Waals surface area contributed by atoms with Crippen LogP contribution < -0.4 is 21.7 Å². The van der Waals surface area contributed by atoms with Crippen molar-refractivity contribution in [2.75, 3.05) is 0 Å². The van der Waals surface area contributed by atoms with Crippen molar-refractivity contribution in [1.82, 2.24) is 0 Å². The minimum absolute atomic E-state index is 0. The minimum Gasteiger partial charge on any atom is -0.852 e. The molecule has 0 fully saturated rings. The van der Waals surface area contributed by atoms with E-state index in [2.05, 4.69) is 35.9 Å². The molecular weight excluding hydrogens is 180 g/mol. The molecule has 0 rings (SSSR count). The molecule has 0 heterocycles. The van der Waals surface area contributed by atoms with Crippen LogP contribution >= 0.6 is 24.4 Å². The minimum atomic E-state index is -0.750. The summed E-state index contributed by atoms with van der Waals surface area (Å²) in [5.41, 5.74) is 8.57. The Bertz CT molecular complexity index is 75.8. The van der Waals surface area contributed by atoms with E-state index in [-0.39, 0.29) is 13.5 Å². The maximum atomic E-state index is 9.04. The Balaban J connectivity index is -0.0000000720. The Morgan fingerprint density at radius 3 is 1.00 bits per heavy atom. The van der Waals surface area contributed by atoms with Crippen LogP contribution in [0.3, 0.4) is 0 Å². The Kier molecular flexibility index (Phi) is 18.8. The summed E-state index contributed by atoms with van der Waals surface area (Å²) in [6.07, 6.45) is 0. The first kappa shape index (κ1) is 15.9. The zero-order chi connectivity index (χ0) is 7.15. The molecular formula is C2H4N2O2S3. The molecule has 0 spiro atoms. The van der Waals surface area contributed by atoms with Gasteiger partial charge in [0.1, 0.15) is 0 Å². The highest BCUT2D eigenvalue weighted by atomic mass is 32.1. The lowest BCUT2D eigenvalue weighted by atomic mass is 11.4. The Morgan fingerprint density at radius 1 is 1.00 bits per heavy atom. The predicted octanol–water partition coefficient (Wildman–Crippen LogP) is -2.82. The van der Waals surface area contributed by atoms with Crippen LogP contribution in [0, 0.1) is 0 Å². The second-order valence-corrected chi connectivity index (χ2v) is 1.44. The lowest BCUT2D eigenvalue weighted by Crippen LogP contribution is -2.23. The Morgan fingerprint density at radius 2 is 1.00 bits per heavy atom. The van der Waals surface area contributed by atoms with E-state index in [0.717, 1.165) is 0 Å². The number of hydrogen-bond donors (Lipinski definition) is 2. The van der Waals surface area contributed by atoms with Gasteiger partial charge in [-0.2, -0.15) is 0 Å².